The summed E-state index contributed by atoms with van der Waals surface area (Å²) in [6.45, 7) is 6.42. The number of anilines is 1. The predicted molar refractivity (Wildman–Crippen MR) is 178 cm³/mol. The molecule has 44 heavy (non-hydrogen) atoms. The van der Waals surface area contributed by atoms with Crippen molar-refractivity contribution in [3.05, 3.63) is 94.0 Å². The maximum atomic E-state index is 14.0. The van der Waals surface area contributed by atoms with Crippen molar-refractivity contribution in [2.45, 2.75) is 65.1 Å². The lowest BCUT2D eigenvalue weighted by molar-refractivity contribution is -0.141. The van der Waals surface area contributed by atoms with E-state index in [9.17, 15) is 18.0 Å². The first kappa shape index (κ1) is 35.2. The molecular weight excluding hydrogens is 621 g/mol. The van der Waals surface area contributed by atoms with E-state index in [0.717, 1.165) is 18.2 Å². The van der Waals surface area contributed by atoms with E-state index < -0.39 is 16.1 Å². The van der Waals surface area contributed by atoms with Crippen molar-refractivity contribution in [2.24, 2.45) is 0 Å². The van der Waals surface area contributed by atoms with Gasteiger partial charge < -0.3 is 15.0 Å². The van der Waals surface area contributed by atoms with Crippen LogP contribution in [0.1, 0.15) is 51.2 Å². The van der Waals surface area contributed by atoms with E-state index in [1.807, 2.05) is 51.1 Å². The second-order valence-corrected chi connectivity index (χ2v) is 13.4. The molecule has 0 spiro atoms. The van der Waals surface area contributed by atoms with Gasteiger partial charge in [-0.25, -0.2) is 8.42 Å². The molecule has 11 heteroatoms. The monoisotopic (exact) mass is 661 g/mol. The molecule has 0 unspecified atom stereocenters. The summed E-state index contributed by atoms with van der Waals surface area (Å²) >= 11 is 12.6. The smallest absolute Gasteiger partial charge is 0.243 e. The molecule has 0 fully saturated rings. The van der Waals surface area contributed by atoms with Crippen LogP contribution in [0.15, 0.2) is 72.8 Å². The quantitative estimate of drug-likeness (QED) is 0.189. The Morgan fingerprint density at radius 3 is 2.25 bits per heavy atom. The zero-order valence-electron chi connectivity index (χ0n) is 25.6. The van der Waals surface area contributed by atoms with Gasteiger partial charge in [0, 0.05) is 42.0 Å². The molecule has 3 aromatic rings. The minimum atomic E-state index is -3.63. The average molecular weight is 663 g/mol. The van der Waals surface area contributed by atoms with Gasteiger partial charge in [0.15, 0.2) is 0 Å². The van der Waals surface area contributed by atoms with E-state index in [0.29, 0.717) is 40.1 Å². The predicted octanol–water partition coefficient (Wildman–Crippen LogP) is 6.49. The second-order valence-electron chi connectivity index (χ2n) is 10.6. The number of nitrogens with zero attached hydrogens (tertiary/aromatic N) is 2. The number of halogens is 2. The van der Waals surface area contributed by atoms with Crippen molar-refractivity contribution in [1.29, 1.82) is 0 Å². The summed E-state index contributed by atoms with van der Waals surface area (Å²) in [5.74, 6) is 0.0710. The fraction of sp³-hybridized carbons (Fsp3) is 0.394. The Hall–Kier alpha value is -3.27. The van der Waals surface area contributed by atoms with E-state index in [4.69, 9.17) is 27.9 Å². The van der Waals surface area contributed by atoms with Crippen molar-refractivity contribution in [3.8, 4) is 5.75 Å². The third-order valence-electron chi connectivity index (χ3n) is 7.22. The number of hydrogen-bond acceptors (Lipinski definition) is 5. The minimum absolute atomic E-state index is 0.0101. The van der Waals surface area contributed by atoms with Crippen LogP contribution in [0.25, 0.3) is 0 Å². The summed E-state index contributed by atoms with van der Waals surface area (Å²) in [6, 6.07) is 20.4. The number of nitrogens with one attached hydrogen (secondary N) is 1. The van der Waals surface area contributed by atoms with Gasteiger partial charge in [-0.05, 0) is 74.2 Å². The molecular formula is C33H41Cl2N3O5S. The molecule has 8 nitrogen and oxygen atoms in total. The Balaban J connectivity index is 1.90. The summed E-state index contributed by atoms with van der Waals surface area (Å²) in [7, 11) is -3.63. The fourth-order valence-electron chi connectivity index (χ4n) is 4.71. The number of benzene rings is 3. The van der Waals surface area contributed by atoms with E-state index in [2.05, 4.69) is 5.32 Å². The van der Waals surface area contributed by atoms with Gasteiger partial charge in [-0.1, -0.05) is 66.5 Å². The molecule has 0 saturated heterocycles. The van der Waals surface area contributed by atoms with Gasteiger partial charge in [0.1, 0.15) is 11.8 Å². The molecule has 0 aliphatic heterocycles. The molecule has 0 bridgehead atoms. The maximum absolute atomic E-state index is 14.0. The van der Waals surface area contributed by atoms with Gasteiger partial charge >= 0.3 is 0 Å². The summed E-state index contributed by atoms with van der Waals surface area (Å²) in [5, 5.41) is 3.88. The lowest BCUT2D eigenvalue weighted by Crippen LogP contribution is -2.52. The number of ether oxygens (including phenoxy) is 1. The average Bonchev–Trinajstić information content (AvgIpc) is 2.98. The number of amides is 2. The molecule has 0 aliphatic carbocycles. The van der Waals surface area contributed by atoms with Crippen molar-refractivity contribution < 1.29 is 22.7 Å². The summed E-state index contributed by atoms with van der Waals surface area (Å²) < 4.78 is 32.2. The number of carbonyl (C=O) groups is 2. The molecule has 238 valence electrons. The fourth-order valence-corrected chi connectivity index (χ4v) is 6.14. The Bertz CT molecular complexity index is 1490. The Kier molecular flexibility index (Phi) is 13.4. The van der Waals surface area contributed by atoms with E-state index in [-0.39, 0.29) is 43.8 Å². The first-order chi connectivity index (χ1) is 20.9. The lowest BCUT2D eigenvalue weighted by Gasteiger charge is -2.33. The zero-order valence-corrected chi connectivity index (χ0v) is 28.0. The molecule has 3 aromatic carbocycles. The molecule has 2 amide bonds. The Morgan fingerprint density at radius 1 is 0.977 bits per heavy atom. The van der Waals surface area contributed by atoms with Crippen LogP contribution >= 0.6 is 23.2 Å². The van der Waals surface area contributed by atoms with Crippen molar-refractivity contribution >= 4 is 50.7 Å². The standard InChI is InChI=1S/C33H41Cl2N3O5S/c1-5-24(3)36-33(40)31(21-25-11-8-7-9-12-25)37(23-26-14-15-27(34)22-30(26)35)32(39)13-10-20-38(44(4,41)42)28-16-18-29(19-17-28)43-6-2/h7-9,11-12,14-19,22,24,31H,5-6,10,13,20-21,23H2,1-4H3,(H,36,40)/t24-,31-/m1/s1. The third kappa shape index (κ3) is 10.4. The first-order valence-electron chi connectivity index (χ1n) is 14.7. The minimum Gasteiger partial charge on any atom is -0.494 e. The lowest BCUT2D eigenvalue weighted by atomic mass is 10.0. The van der Waals surface area contributed by atoms with Gasteiger partial charge in [0.05, 0.1) is 18.6 Å². The number of rotatable bonds is 16. The van der Waals surface area contributed by atoms with Crippen LogP contribution in [-0.2, 0) is 32.6 Å². The van der Waals surface area contributed by atoms with Gasteiger partial charge in [0.25, 0.3) is 0 Å². The number of sulfonamides is 1. The normalized spacial score (nSPS) is 12.7. The Morgan fingerprint density at radius 2 is 1.66 bits per heavy atom. The van der Waals surface area contributed by atoms with Crippen LogP contribution in [0.3, 0.4) is 0 Å². The zero-order chi connectivity index (χ0) is 32.3. The van der Waals surface area contributed by atoms with Crippen LogP contribution in [0.5, 0.6) is 5.75 Å². The van der Waals surface area contributed by atoms with Crippen molar-refractivity contribution in [1.82, 2.24) is 10.2 Å². The SMILES string of the molecule is CCOc1ccc(N(CCCC(=O)N(Cc2ccc(Cl)cc2Cl)[C@H](Cc2ccccc2)C(=O)N[C@H](C)CC)S(C)(=O)=O)cc1. The number of carbonyl (C=O) groups excluding carboxylic acids is 2. The van der Waals surface area contributed by atoms with Crippen LogP contribution in [0.4, 0.5) is 5.69 Å². The molecule has 0 aliphatic rings. The third-order valence-corrected chi connectivity index (χ3v) is 9.00. The number of hydrogen-bond donors (Lipinski definition) is 1. The van der Waals surface area contributed by atoms with E-state index in [1.165, 1.54) is 4.31 Å². The Labute approximate surface area is 271 Å². The molecule has 2 atom stereocenters. The van der Waals surface area contributed by atoms with Crippen LogP contribution < -0.4 is 14.4 Å². The highest BCUT2D eigenvalue weighted by molar-refractivity contribution is 7.92. The molecule has 1 N–H and O–H groups in total. The highest BCUT2D eigenvalue weighted by Crippen LogP contribution is 2.26. The van der Waals surface area contributed by atoms with Gasteiger partial charge in [-0.2, -0.15) is 0 Å². The van der Waals surface area contributed by atoms with Crippen LogP contribution in [0, 0.1) is 0 Å². The molecule has 0 saturated carbocycles. The molecule has 0 aromatic heterocycles. The highest BCUT2D eigenvalue weighted by Gasteiger charge is 2.31. The largest absolute Gasteiger partial charge is 0.494 e. The summed E-state index contributed by atoms with van der Waals surface area (Å²) in [4.78, 5) is 29.2. The summed E-state index contributed by atoms with van der Waals surface area (Å²) in [6.07, 6.45) is 2.40. The topological polar surface area (TPSA) is 96.0 Å². The maximum Gasteiger partial charge on any atom is 0.243 e. The highest BCUT2D eigenvalue weighted by atomic mass is 35.5. The van der Waals surface area contributed by atoms with E-state index >= 15 is 0 Å². The second kappa shape index (κ2) is 16.7. The van der Waals surface area contributed by atoms with E-state index in [1.54, 1.807) is 47.4 Å². The van der Waals surface area contributed by atoms with Crippen molar-refractivity contribution in [2.75, 3.05) is 23.7 Å². The van der Waals surface area contributed by atoms with Crippen LogP contribution in [-0.4, -0.2) is 56.6 Å². The molecule has 0 radical (unpaired) electrons. The van der Waals surface area contributed by atoms with Gasteiger partial charge in [-0.15, -0.1) is 0 Å². The molecule has 0 heterocycles. The van der Waals surface area contributed by atoms with Crippen molar-refractivity contribution in [3.63, 3.8) is 0 Å². The summed E-state index contributed by atoms with van der Waals surface area (Å²) in [5.41, 5.74) is 2.02. The first-order valence-corrected chi connectivity index (χ1v) is 17.3. The van der Waals surface area contributed by atoms with Crippen LogP contribution in [0.2, 0.25) is 10.0 Å². The van der Waals surface area contributed by atoms with Gasteiger partial charge in [-0.3, -0.25) is 13.9 Å². The molecule has 3 rings (SSSR count). The van der Waals surface area contributed by atoms with Gasteiger partial charge in [0.2, 0.25) is 21.8 Å².